The molecule has 0 radical (unpaired) electrons. The van der Waals surface area contributed by atoms with Gasteiger partial charge in [-0.2, -0.15) is 4.31 Å². The Kier molecular flexibility index (Phi) is 7.43. The van der Waals surface area contributed by atoms with Crippen LogP contribution in [0.15, 0.2) is 29.2 Å². The number of carbonyl (C=O) groups excluding carboxylic acids is 1. The van der Waals surface area contributed by atoms with Gasteiger partial charge in [0, 0.05) is 19.6 Å². The maximum Gasteiger partial charge on any atom is 0.243 e. The highest BCUT2D eigenvalue weighted by Gasteiger charge is 2.26. The third-order valence-corrected chi connectivity index (χ3v) is 5.32. The first-order valence-electron chi connectivity index (χ1n) is 7.11. The second kappa shape index (κ2) is 8.60. The summed E-state index contributed by atoms with van der Waals surface area (Å²) in [6.07, 6.45) is 0. The summed E-state index contributed by atoms with van der Waals surface area (Å²) in [5.74, 6) is -0.245. The summed E-state index contributed by atoms with van der Waals surface area (Å²) in [6.45, 7) is 3.50. The molecule has 0 bridgehead atoms. The lowest BCUT2D eigenvalue weighted by Gasteiger charge is -2.26. The van der Waals surface area contributed by atoms with E-state index in [1.54, 1.807) is 31.2 Å². The minimum Gasteiger partial charge on any atom is -0.379 e. The first-order valence-corrected chi connectivity index (χ1v) is 8.55. The lowest BCUT2D eigenvalue weighted by molar-refractivity contribution is -0.122. The molecule has 0 saturated carbocycles. The molecule has 1 amide bonds. The Labute approximate surface area is 142 Å². The predicted octanol–water partition coefficient (Wildman–Crippen LogP) is 0.0927. The molecule has 130 valence electrons. The van der Waals surface area contributed by atoms with E-state index in [0.29, 0.717) is 32.8 Å². The van der Waals surface area contributed by atoms with E-state index in [9.17, 15) is 13.2 Å². The normalized spacial score (nSPS) is 17.1. The van der Waals surface area contributed by atoms with Crippen molar-refractivity contribution in [1.82, 2.24) is 9.62 Å². The summed E-state index contributed by atoms with van der Waals surface area (Å²) in [7, 11) is -3.48. The second-order valence-corrected chi connectivity index (χ2v) is 7.10. The Balaban J connectivity index is 0.00000264. The smallest absolute Gasteiger partial charge is 0.243 e. The van der Waals surface area contributed by atoms with Crippen molar-refractivity contribution >= 4 is 28.3 Å². The van der Waals surface area contributed by atoms with Crippen LogP contribution in [0.25, 0.3) is 0 Å². The van der Waals surface area contributed by atoms with Crippen molar-refractivity contribution in [3.63, 3.8) is 0 Å². The van der Waals surface area contributed by atoms with E-state index >= 15 is 0 Å². The Bertz CT molecular complexity index is 613. The van der Waals surface area contributed by atoms with Crippen LogP contribution in [-0.4, -0.2) is 51.0 Å². The molecule has 1 aromatic carbocycles. The third-order valence-electron chi connectivity index (χ3n) is 3.41. The minimum atomic E-state index is -3.48. The fraction of sp³-hybridized carbons (Fsp3) is 0.500. The number of halogens is 1. The van der Waals surface area contributed by atoms with Gasteiger partial charge in [-0.25, -0.2) is 8.42 Å². The van der Waals surface area contributed by atoms with Gasteiger partial charge in [-0.1, -0.05) is 12.1 Å². The molecule has 0 aromatic heterocycles. The number of hydrogen-bond donors (Lipinski definition) is 2. The Morgan fingerprint density at radius 3 is 2.39 bits per heavy atom. The van der Waals surface area contributed by atoms with Gasteiger partial charge < -0.3 is 15.8 Å². The SMILES string of the molecule is CC(N)C(=O)NCc1ccc(S(=O)(=O)N2CCOCC2)cc1.Cl. The average Bonchev–Trinajstić information content (AvgIpc) is 2.53. The predicted molar refractivity (Wildman–Crippen MR) is 88.8 cm³/mol. The molecule has 23 heavy (non-hydrogen) atoms. The van der Waals surface area contributed by atoms with E-state index in [1.165, 1.54) is 4.31 Å². The molecule has 1 aromatic rings. The molecule has 0 spiro atoms. The van der Waals surface area contributed by atoms with Gasteiger partial charge in [0.2, 0.25) is 15.9 Å². The molecule has 1 fully saturated rings. The minimum absolute atomic E-state index is 0. The summed E-state index contributed by atoms with van der Waals surface area (Å²) < 4.78 is 31.5. The number of nitrogens with zero attached hydrogens (tertiary/aromatic N) is 1. The number of morpholine rings is 1. The number of hydrogen-bond acceptors (Lipinski definition) is 5. The van der Waals surface area contributed by atoms with Crippen molar-refractivity contribution in [2.45, 2.75) is 24.4 Å². The van der Waals surface area contributed by atoms with Crippen LogP contribution in [0, 0.1) is 0 Å². The highest BCUT2D eigenvalue weighted by atomic mass is 35.5. The number of carbonyl (C=O) groups is 1. The van der Waals surface area contributed by atoms with E-state index in [0.717, 1.165) is 5.56 Å². The first kappa shape index (κ1) is 19.9. The number of sulfonamides is 1. The Morgan fingerprint density at radius 1 is 1.30 bits per heavy atom. The number of benzene rings is 1. The average molecular weight is 364 g/mol. The Morgan fingerprint density at radius 2 is 1.87 bits per heavy atom. The van der Waals surface area contributed by atoms with Crippen LogP contribution in [0.4, 0.5) is 0 Å². The summed E-state index contributed by atoms with van der Waals surface area (Å²) in [5, 5.41) is 2.68. The lowest BCUT2D eigenvalue weighted by atomic mass is 10.2. The van der Waals surface area contributed by atoms with Crippen LogP contribution in [0.5, 0.6) is 0 Å². The van der Waals surface area contributed by atoms with Gasteiger partial charge in [-0.3, -0.25) is 4.79 Å². The molecule has 1 unspecified atom stereocenters. The largest absolute Gasteiger partial charge is 0.379 e. The molecule has 1 saturated heterocycles. The van der Waals surface area contributed by atoms with Crippen LogP contribution in [0.2, 0.25) is 0 Å². The fourth-order valence-electron chi connectivity index (χ4n) is 2.07. The molecular formula is C14H22ClN3O4S. The molecule has 1 aliphatic rings. The maximum absolute atomic E-state index is 12.4. The zero-order valence-electron chi connectivity index (χ0n) is 12.9. The van der Waals surface area contributed by atoms with Crippen LogP contribution in [-0.2, 0) is 26.1 Å². The summed E-state index contributed by atoms with van der Waals surface area (Å²) in [6, 6.07) is 5.92. The van der Waals surface area contributed by atoms with E-state index < -0.39 is 16.1 Å². The summed E-state index contributed by atoms with van der Waals surface area (Å²) in [5.41, 5.74) is 6.27. The summed E-state index contributed by atoms with van der Waals surface area (Å²) >= 11 is 0. The highest BCUT2D eigenvalue weighted by molar-refractivity contribution is 7.89. The molecule has 1 atom stereocenters. The Hall–Kier alpha value is -1.19. The van der Waals surface area contributed by atoms with Gasteiger partial charge in [0.15, 0.2) is 0 Å². The van der Waals surface area contributed by atoms with Gasteiger partial charge in [0.25, 0.3) is 0 Å². The van der Waals surface area contributed by atoms with Gasteiger partial charge in [0.1, 0.15) is 0 Å². The highest BCUT2D eigenvalue weighted by Crippen LogP contribution is 2.17. The van der Waals surface area contributed by atoms with E-state index in [-0.39, 0.29) is 23.2 Å². The van der Waals surface area contributed by atoms with Crippen LogP contribution in [0.3, 0.4) is 0 Å². The van der Waals surface area contributed by atoms with Crippen molar-refractivity contribution in [2.75, 3.05) is 26.3 Å². The molecule has 1 heterocycles. The van der Waals surface area contributed by atoms with E-state index in [1.807, 2.05) is 0 Å². The molecule has 1 aliphatic heterocycles. The molecular weight excluding hydrogens is 342 g/mol. The maximum atomic E-state index is 12.4. The molecule has 7 nitrogen and oxygen atoms in total. The monoisotopic (exact) mass is 363 g/mol. The van der Waals surface area contributed by atoms with Crippen molar-refractivity contribution in [2.24, 2.45) is 5.73 Å². The van der Waals surface area contributed by atoms with E-state index in [2.05, 4.69) is 5.32 Å². The molecule has 2 rings (SSSR count). The number of amides is 1. The van der Waals surface area contributed by atoms with E-state index in [4.69, 9.17) is 10.5 Å². The first-order chi connectivity index (χ1) is 10.4. The third kappa shape index (κ3) is 5.15. The zero-order valence-corrected chi connectivity index (χ0v) is 14.5. The fourth-order valence-corrected chi connectivity index (χ4v) is 3.47. The topological polar surface area (TPSA) is 102 Å². The van der Waals surface area contributed by atoms with Crippen molar-refractivity contribution < 1.29 is 17.9 Å². The summed E-state index contributed by atoms with van der Waals surface area (Å²) in [4.78, 5) is 11.6. The van der Waals surface area contributed by atoms with Crippen molar-refractivity contribution in [1.29, 1.82) is 0 Å². The van der Waals surface area contributed by atoms with Crippen molar-refractivity contribution in [3.05, 3.63) is 29.8 Å². The van der Waals surface area contributed by atoms with Gasteiger partial charge >= 0.3 is 0 Å². The van der Waals surface area contributed by atoms with Crippen LogP contribution < -0.4 is 11.1 Å². The van der Waals surface area contributed by atoms with Gasteiger partial charge in [0.05, 0.1) is 24.2 Å². The lowest BCUT2D eigenvalue weighted by Crippen LogP contribution is -2.40. The molecule has 0 aliphatic carbocycles. The quantitative estimate of drug-likeness (QED) is 0.772. The second-order valence-electron chi connectivity index (χ2n) is 5.17. The van der Waals surface area contributed by atoms with Gasteiger partial charge in [-0.15, -0.1) is 12.4 Å². The standard InChI is InChI=1S/C14H21N3O4S.ClH/c1-11(15)14(18)16-10-12-2-4-13(5-3-12)22(19,20)17-6-8-21-9-7-17;/h2-5,11H,6-10,15H2,1H3,(H,16,18);1H. The van der Waals surface area contributed by atoms with Gasteiger partial charge in [-0.05, 0) is 24.6 Å². The zero-order chi connectivity index (χ0) is 16.2. The van der Waals surface area contributed by atoms with Crippen LogP contribution >= 0.6 is 12.4 Å². The van der Waals surface area contributed by atoms with Crippen LogP contribution in [0.1, 0.15) is 12.5 Å². The molecule has 3 N–H and O–H groups in total. The van der Waals surface area contributed by atoms with Crippen molar-refractivity contribution in [3.8, 4) is 0 Å². The number of ether oxygens (including phenoxy) is 1. The number of rotatable bonds is 5. The number of nitrogens with two attached hydrogens (primary N) is 1. The molecule has 9 heteroatoms. The number of nitrogens with one attached hydrogen (secondary N) is 1.